The van der Waals surface area contributed by atoms with Gasteiger partial charge < -0.3 is 15.7 Å². The highest BCUT2D eigenvalue weighted by Gasteiger charge is 2.18. The molecule has 1 aromatic heterocycles. The summed E-state index contributed by atoms with van der Waals surface area (Å²) in [7, 11) is 0. The molecule has 3 N–H and O–H groups in total. The molecule has 1 fully saturated rings. The zero-order chi connectivity index (χ0) is 15.8. The lowest BCUT2D eigenvalue weighted by Gasteiger charge is -2.22. The summed E-state index contributed by atoms with van der Waals surface area (Å²) in [6, 6.07) is 2.13. The lowest BCUT2D eigenvalue weighted by molar-refractivity contribution is 0.0936. The van der Waals surface area contributed by atoms with E-state index >= 15 is 0 Å². The number of nitrogens with zero attached hydrogens (tertiary/aromatic N) is 2. The van der Waals surface area contributed by atoms with Crippen LogP contribution >= 0.6 is 12.4 Å². The number of carbonyl (C=O) groups is 1. The quantitative estimate of drug-likeness (QED) is 0.671. The van der Waals surface area contributed by atoms with Crippen molar-refractivity contribution in [3.63, 3.8) is 0 Å². The molecule has 1 amide bonds. The van der Waals surface area contributed by atoms with Crippen LogP contribution < -0.4 is 10.6 Å². The van der Waals surface area contributed by atoms with Crippen LogP contribution in [0.25, 0.3) is 0 Å². The maximum atomic E-state index is 12.2. The lowest BCUT2D eigenvalue weighted by Crippen LogP contribution is -2.32. The van der Waals surface area contributed by atoms with Crippen molar-refractivity contribution in [1.29, 1.82) is 0 Å². The van der Waals surface area contributed by atoms with Gasteiger partial charge in [0.1, 0.15) is 5.69 Å². The third kappa shape index (κ3) is 6.12. The van der Waals surface area contributed by atoms with Crippen LogP contribution in [0.3, 0.4) is 0 Å². The zero-order valence-electron chi connectivity index (χ0n) is 13.8. The molecule has 0 bridgehead atoms. The van der Waals surface area contributed by atoms with Crippen LogP contribution in [0.15, 0.2) is 12.3 Å². The SMILES string of the molecule is CCCC(CCO)CNC(=O)c1ccn(C2CCCNC2)n1.Cl. The molecule has 2 rings (SSSR count). The maximum Gasteiger partial charge on any atom is 0.271 e. The molecule has 7 heteroatoms. The number of aromatic nitrogens is 2. The standard InChI is InChI=1S/C16H28N4O2.ClH/c1-2-4-13(7-10-21)11-18-16(22)15-6-9-20(19-15)14-5-3-8-17-12-14;/h6,9,13-14,17,21H,2-5,7-8,10-12H2,1H3,(H,18,22);1H. The summed E-state index contributed by atoms with van der Waals surface area (Å²) in [5, 5.41) is 19.8. The minimum absolute atomic E-state index is 0. The molecule has 0 aliphatic carbocycles. The summed E-state index contributed by atoms with van der Waals surface area (Å²) in [6.07, 6.45) is 6.95. The number of amides is 1. The number of carbonyl (C=O) groups excluding carboxylic acids is 1. The predicted octanol–water partition coefficient (Wildman–Crippen LogP) is 1.76. The van der Waals surface area contributed by atoms with Crippen molar-refractivity contribution in [2.45, 2.75) is 45.1 Å². The van der Waals surface area contributed by atoms with Crippen molar-refractivity contribution in [2.24, 2.45) is 5.92 Å². The molecule has 2 atom stereocenters. The fourth-order valence-electron chi connectivity index (χ4n) is 2.99. The van der Waals surface area contributed by atoms with E-state index in [-0.39, 0.29) is 24.9 Å². The van der Waals surface area contributed by atoms with Crippen LogP contribution in [-0.4, -0.2) is 47.0 Å². The van der Waals surface area contributed by atoms with Gasteiger partial charge in [-0.15, -0.1) is 12.4 Å². The highest BCUT2D eigenvalue weighted by Crippen LogP contribution is 2.16. The largest absolute Gasteiger partial charge is 0.396 e. The second kappa shape index (κ2) is 10.6. The molecule has 2 unspecified atom stereocenters. The van der Waals surface area contributed by atoms with Gasteiger partial charge in [-0.2, -0.15) is 5.10 Å². The summed E-state index contributed by atoms with van der Waals surface area (Å²) >= 11 is 0. The van der Waals surface area contributed by atoms with E-state index in [2.05, 4.69) is 22.7 Å². The second-order valence-corrected chi connectivity index (χ2v) is 6.06. The number of aliphatic hydroxyl groups is 1. The molecule has 132 valence electrons. The fraction of sp³-hybridized carbons (Fsp3) is 0.750. The number of aliphatic hydroxyl groups excluding tert-OH is 1. The molecule has 1 aliphatic rings. The van der Waals surface area contributed by atoms with Gasteiger partial charge in [0.05, 0.1) is 6.04 Å². The van der Waals surface area contributed by atoms with Gasteiger partial charge in [-0.3, -0.25) is 9.48 Å². The first kappa shape index (κ1) is 19.9. The number of piperidine rings is 1. The van der Waals surface area contributed by atoms with E-state index in [0.717, 1.165) is 45.2 Å². The molecular weight excluding hydrogens is 316 g/mol. The minimum Gasteiger partial charge on any atom is -0.396 e. The molecule has 0 aromatic carbocycles. The van der Waals surface area contributed by atoms with Gasteiger partial charge in [0.25, 0.3) is 5.91 Å². The predicted molar refractivity (Wildman–Crippen MR) is 93.0 cm³/mol. The Labute approximate surface area is 144 Å². The maximum absolute atomic E-state index is 12.2. The average Bonchev–Trinajstić information content (AvgIpc) is 3.04. The van der Waals surface area contributed by atoms with Crippen molar-refractivity contribution in [2.75, 3.05) is 26.2 Å². The Kier molecular flexibility index (Phi) is 9.21. The van der Waals surface area contributed by atoms with Gasteiger partial charge in [0, 0.05) is 25.9 Å². The Bertz CT molecular complexity index is 455. The highest BCUT2D eigenvalue weighted by molar-refractivity contribution is 5.92. The zero-order valence-corrected chi connectivity index (χ0v) is 14.6. The van der Waals surface area contributed by atoms with Crippen molar-refractivity contribution in [3.8, 4) is 0 Å². The van der Waals surface area contributed by atoms with Gasteiger partial charge in [-0.1, -0.05) is 13.3 Å². The Morgan fingerprint density at radius 1 is 1.57 bits per heavy atom. The molecule has 1 aromatic rings. The van der Waals surface area contributed by atoms with Crippen LogP contribution in [0.2, 0.25) is 0 Å². The van der Waals surface area contributed by atoms with Crippen LogP contribution in [0.5, 0.6) is 0 Å². The van der Waals surface area contributed by atoms with Gasteiger partial charge in [-0.05, 0) is 44.2 Å². The van der Waals surface area contributed by atoms with Crippen molar-refractivity contribution in [3.05, 3.63) is 18.0 Å². The van der Waals surface area contributed by atoms with Crippen molar-refractivity contribution in [1.82, 2.24) is 20.4 Å². The van der Waals surface area contributed by atoms with Gasteiger partial charge in [0.2, 0.25) is 0 Å². The molecule has 0 spiro atoms. The fourth-order valence-corrected chi connectivity index (χ4v) is 2.99. The summed E-state index contributed by atoms with van der Waals surface area (Å²) in [5.74, 6) is 0.213. The second-order valence-electron chi connectivity index (χ2n) is 6.06. The van der Waals surface area contributed by atoms with Crippen LogP contribution in [0, 0.1) is 5.92 Å². The topological polar surface area (TPSA) is 79.2 Å². The Hall–Kier alpha value is -1.11. The normalized spacial score (nSPS) is 19.0. The third-order valence-corrected chi connectivity index (χ3v) is 4.27. The summed E-state index contributed by atoms with van der Waals surface area (Å²) < 4.78 is 1.90. The molecule has 1 saturated heterocycles. The van der Waals surface area contributed by atoms with E-state index in [1.807, 2.05) is 10.9 Å². The smallest absolute Gasteiger partial charge is 0.271 e. The van der Waals surface area contributed by atoms with Crippen LogP contribution in [0.4, 0.5) is 0 Å². The van der Waals surface area contributed by atoms with E-state index < -0.39 is 0 Å². The first-order valence-corrected chi connectivity index (χ1v) is 8.39. The van der Waals surface area contributed by atoms with E-state index in [9.17, 15) is 4.79 Å². The number of nitrogens with one attached hydrogen (secondary N) is 2. The number of hydrogen-bond acceptors (Lipinski definition) is 4. The van der Waals surface area contributed by atoms with Gasteiger partial charge >= 0.3 is 0 Å². The van der Waals surface area contributed by atoms with Crippen LogP contribution in [0.1, 0.15) is 55.6 Å². The van der Waals surface area contributed by atoms with Crippen LogP contribution in [-0.2, 0) is 0 Å². The molecule has 1 aliphatic heterocycles. The number of halogens is 1. The molecule has 6 nitrogen and oxygen atoms in total. The Balaban J connectivity index is 0.00000264. The minimum atomic E-state index is -0.124. The monoisotopic (exact) mass is 344 g/mol. The highest BCUT2D eigenvalue weighted by atomic mass is 35.5. The molecule has 23 heavy (non-hydrogen) atoms. The van der Waals surface area contributed by atoms with Crippen molar-refractivity contribution >= 4 is 18.3 Å². The third-order valence-electron chi connectivity index (χ3n) is 4.27. The van der Waals surface area contributed by atoms with E-state index in [0.29, 0.717) is 24.2 Å². The lowest BCUT2D eigenvalue weighted by atomic mass is 10.0. The van der Waals surface area contributed by atoms with Gasteiger partial charge in [0.15, 0.2) is 0 Å². The Morgan fingerprint density at radius 3 is 3.04 bits per heavy atom. The molecule has 2 heterocycles. The summed E-state index contributed by atoms with van der Waals surface area (Å²) in [4.78, 5) is 12.2. The number of rotatable bonds is 8. The first-order valence-electron chi connectivity index (χ1n) is 8.39. The van der Waals surface area contributed by atoms with E-state index in [1.165, 1.54) is 0 Å². The summed E-state index contributed by atoms with van der Waals surface area (Å²) in [6.45, 7) is 4.87. The molecule has 0 saturated carbocycles. The number of hydrogen-bond donors (Lipinski definition) is 3. The van der Waals surface area contributed by atoms with E-state index in [4.69, 9.17) is 5.11 Å². The average molecular weight is 345 g/mol. The first-order chi connectivity index (χ1) is 10.7. The van der Waals surface area contributed by atoms with E-state index in [1.54, 1.807) is 6.07 Å². The molecular formula is C16H29ClN4O2. The van der Waals surface area contributed by atoms with Gasteiger partial charge in [-0.25, -0.2) is 0 Å². The van der Waals surface area contributed by atoms with Crippen molar-refractivity contribution < 1.29 is 9.90 Å². The summed E-state index contributed by atoms with van der Waals surface area (Å²) in [5.41, 5.74) is 0.477. The Morgan fingerprint density at radius 2 is 2.39 bits per heavy atom. The molecule has 0 radical (unpaired) electrons.